The average Bonchev–Trinajstić information content (AvgIpc) is 2.60. The molecule has 7 heteroatoms. The molecule has 1 aromatic rings. The summed E-state index contributed by atoms with van der Waals surface area (Å²) in [5, 5.41) is 0. The molecule has 1 aliphatic rings. The van der Waals surface area contributed by atoms with E-state index in [1.54, 1.807) is 24.3 Å². The standard InChI is InChI=1S/C17H27NO5S/c1-3-21-12-13-23-15-7-9-17(10-8-15)24(19,20)18-11-5-6-16(14-18)22-4-2/h7-10,16H,3-6,11-14H2,1-2H3. The number of hydrogen-bond donors (Lipinski definition) is 0. The van der Waals surface area contributed by atoms with Crippen LogP contribution in [0.2, 0.25) is 0 Å². The van der Waals surface area contributed by atoms with Gasteiger partial charge in [0.2, 0.25) is 10.0 Å². The Kier molecular flexibility index (Phi) is 7.48. The molecule has 6 nitrogen and oxygen atoms in total. The third-order valence-electron chi connectivity index (χ3n) is 3.91. The summed E-state index contributed by atoms with van der Waals surface area (Å²) in [6.45, 7) is 7.03. The minimum Gasteiger partial charge on any atom is -0.491 e. The van der Waals surface area contributed by atoms with Crippen LogP contribution >= 0.6 is 0 Å². The first-order valence-corrected chi connectivity index (χ1v) is 9.94. The van der Waals surface area contributed by atoms with E-state index in [4.69, 9.17) is 14.2 Å². The van der Waals surface area contributed by atoms with Gasteiger partial charge in [0, 0.05) is 26.3 Å². The summed E-state index contributed by atoms with van der Waals surface area (Å²) in [5.41, 5.74) is 0. The second-order valence-corrected chi connectivity index (χ2v) is 7.54. The molecular weight excluding hydrogens is 330 g/mol. The Morgan fingerprint density at radius 2 is 1.88 bits per heavy atom. The molecule has 0 aliphatic carbocycles. The van der Waals surface area contributed by atoms with Gasteiger partial charge in [-0.3, -0.25) is 0 Å². The molecule has 136 valence electrons. The number of ether oxygens (including phenoxy) is 3. The van der Waals surface area contributed by atoms with Crippen LogP contribution in [0.5, 0.6) is 5.75 Å². The maximum absolute atomic E-state index is 12.8. The average molecular weight is 357 g/mol. The monoisotopic (exact) mass is 357 g/mol. The minimum absolute atomic E-state index is 0.0142. The smallest absolute Gasteiger partial charge is 0.243 e. The van der Waals surface area contributed by atoms with Gasteiger partial charge in [0.15, 0.2) is 0 Å². The van der Waals surface area contributed by atoms with Crippen molar-refractivity contribution in [3.8, 4) is 5.75 Å². The normalized spacial score (nSPS) is 19.3. The molecule has 1 fully saturated rings. The Morgan fingerprint density at radius 1 is 1.12 bits per heavy atom. The fraction of sp³-hybridized carbons (Fsp3) is 0.647. The number of benzene rings is 1. The number of hydrogen-bond acceptors (Lipinski definition) is 5. The molecule has 1 aliphatic heterocycles. The quantitative estimate of drug-likeness (QED) is 0.635. The van der Waals surface area contributed by atoms with Crippen molar-refractivity contribution in [3.05, 3.63) is 24.3 Å². The van der Waals surface area contributed by atoms with E-state index in [-0.39, 0.29) is 11.0 Å². The van der Waals surface area contributed by atoms with Crippen LogP contribution in [0.4, 0.5) is 0 Å². The molecule has 1 heterocycles. The van der Waals surface area contributed by atoms with Gasteiger partial charge in [0.25, 0.3) is 0 Å². The Balaban J connectivity index is 1.98. The highest BCUT2D eigenvalue weighted by molar-refractivity contribution is 7.89. The van der Waals surface area contributed by atoms with Crippen LogP contribution in [0.25, 0.3) is 0 Å². The second-order valence-electron chi connectivity index (χ2n) is 5.60. The topological polar surface area (TPSA) is 65.1 Å². The molecule has 1 aromatic carbocycles. The van der Waals surface area contributed by atoms with Gasteiger partial charge in [-0.25, -0.2) is 8.42 Å². The van der Waals surface area contributed by atoms with Gasteiger partial charge in [-0.2, -0.15) is 4.31 Å². The summed E-state index contributed by atoms with van der Waals surface area (Å²) in [5.74, 6) is 0.638. The summed E-state index contributed by atoms with van der Waals surface area (Å²) in [4.78, 5) is 0.289. The number of sulfonamides is 1. The van der Waals surface area contributed by atoms with Crippen LogP contribution in [-0.2, 0) is 19.5 Å². The van der Waals surface area contributed by atoms with Crippen LogP contribution in [-0.4, -0.2) is 58.3 Å². The van der Waals surface area contributed by atoms with Crippen LogP contribution in [0, 0.1) is 0 Å². The zero-order valence-corrected chi connectivity index (χ0v) is 15.3. The van der Waals surface area contributed by atoms with E-state index in [1.807, 2.05) is 13.8 Å². The lowest BCUT2D eigenvalue weighted by Gasteiger charge is -2.31. The Bertz CT molecular complexity index is 586. The van der Waals surface area contributed by atoms with E-state index in [0.29, 0.717) is 45.3 Å². The first kappa shape index (κ1) is 19.2. The van der Waals surface area contributed by atoms with Gasteiger partial charge in [-0.15, -0.1) is 0 Å². The lowest BCUT2D eigenvalue weighted by Crippen LogP contribution is -2.43. The summed E-state index contributed by atoms with van der Waals surface area (Å²) in [6, 6.07) is 6.55. The van der Waals surface area contributed by atoms with Gasteiger partial charge in [-0.1, -0.05) is 0 Å². The Morgan fingerprint density at radius 3 is 2.54 bits per heavy atom. The molecule has 0 N–H and O–H groups in total. The van der Waals surface area contributed by atoms with Crippen molar-refractivity contribution in [3.63, 3.8) is 0 Å². The van der Waals surface area contributed by atoms with Crippen molar-refractivity contribution in [2.75, 3.05) is 39.5 Å². The van der Waals surface area contributed by atoms with Crippen molar-refractivity contribution in [2.24, 2.45) is 0 Å². The highest BCUT2D eigenvalue weighted by atomic mass is 32.2. The van der Waals surface area contributed by atoms with Crippen molar-refractivity contribution in [1.29, 1.82) is 0 Å². The number of nitrogens with zero attached hydrogens (tertiary/aromatic N) is 1. The van der Waals surface area contributed by atoms with E-state index in [0.717, 1.165) is 12.8 Å². The number of piperidine rings is 1. The second kappa shape index (κ2) is 9.36. The van der Waals surface area contributed by atoms with Gasteiger partial charge in [0.05, 0.1) is 17.6 Å². The van der Waals surface area contributed by atoms with Crippen molar-refractivity contribution in [2.45, 2.75) is 37.7 Å². The van der Waals surface area contributed by atoms with Crippen molar-refractivity contribution in [1.82, 2.24) is 4.31 Å². The molecule has 1 unspecified atom stereocenters. The maximum atomic E-state index is 12.8. The fourth-order valence-electron chi connectivity index (χ4n) is 2.71. The van der Waals surface area contributed by atoms with Crippen molar-refractivity contribution >= 4 is 10.0 Å². The molecule has 0 spiro atoms. The van der Waals surface area contributed by atoms with E-state index in [2.05, 4.69) is 0 Å². The lowest BCUT2D eigenvalue weighted by atomic mass is 10.1. The molecule has 0 radical (unpaired) electrons. The predicted octanol–water partition coefficient (Wildman–Crippen LogP) is 2.29. The summed E-state index contributed by atoms with van der Waals surface area (Å²) >= 11 is 0. The van der Waals surface area contributed by atoms with Gasteiger partial charge in [0.1, 0.15) is 12.4 Å². The fourth-order valence-corrected chi connectivity index (χ4v) is 4.22. The highest BCUT2D eigenvalue weighted by Crippen LogP contribution is 2.23. The molecule has 1 saturated heterocycles. The van der Waals surface area contributed by atoms with E-state index >= 15 is 0 Å². The Hall–Kier alpha value is -1.15. The lowest BCUT2D eigenvalue weighted by molar-refractivity contribution is 0.0265. The SMILES string of the molecule is CCOCCOc1ccc(S(=O)(=O)N2CCCC(OCC)C2)cc1. The van der Waals surface area contributed by atoms with Crippen LogP contribution in [0.1, 0.15) is 26.7 Å². The zero-order valence-electron chi connectivity index (χ0n) is 14.4. The minimum atomic E-state index is -3.49. The third-order valence-corrected chi connectivity index (χ3v) is 5.78. The highest BCUT2D eigenvalue weighted by Gasteiger charge is 2.30. The van der Waals surface area contributed by atoms with Crippen LogP contribution < -0.4 is 4.74 Å². The molecule has 2 rings (SSSR count). The summed E-state index contributed by atoms with van der Waals surface area (Å²) in [7, 11) is -3.49. The predicted molar refractivity (Wildman–Crippen MR) is 91.8 cm³/mol. The molecule has 24 heavy (non-hydrogen) atoms. The molecule has 0 saturated carbocycles. The van der Waals surface area contributed by atoms with Gasteiger partial charge < -0.3 is 14.2 Å². The summed E-state index contributed by atoms with van der Waals surface area (Å²) < 4.78 is 43.3. The Labute approximate surface area is 144 Å². The molecular formula is C17H27NO5S. The first-order chi connectivity index (χ1) is 11.6. The molecule has 0 bridgehead atoms. The maximum Gasteiger partial charge on any atom is 0.243 e. The number of rotatable bonds is 9. The van der Waals surface area contributed by atoms with Crippen LogP contribution in [0.3, 0.4) is 0 Å². The van der Waals surface area contributed by atoms with E-state index in [1.165, 1.54) is 4.31 Å². The molecule has 0 amide bonds. The summed E-state index contributed by atoms with van der Waals surface area (Å²) in [6.07, 6.45) is 1.72. The van der Waals surface area contributed by atoms with E-state index < -0.39 is 10.0 Å². The largest absolute Gasteiger partial charge is 0.491 e. The third kappa shape index (κ3) is 5.17. The molecule has 0 aromatic heterocycles. The molecule has 1 atom stereocenters. The van der Waals surface area contributed by atoms with Gasteiger partial charge >= 0.3 is 0 Å². The first-order valence-electron chi connectivity index (χ1n) is 8.50. The van der Waals surface area contributed by atoms with Crippen molar-refractivity contribution < 1.29 is 22.6 Å². The van der Waals surface area contributed by atoms with Gasteiger partial charge in [-0.05, 0) is 51.0 Å². The van der Waals surface area contributed by atoms with Crippen LogP contribution in [0.15, 0.2) is 29.2 Å². The zero-order chi connectivity index (χ0) is 17.4. The van der Waals surface area contributed by atoms with E-state index in [9.17, 15) is 8.42 Å².